The number of anilines is 2. The molecule has 486 valence electrons. The quantitative estimate of drug-likeness (QED) is 0.0928. The standard InChI is InChI=1S/C21H22F2N8O10P2S2.C21H23FN8O10P2S2.CH4/c22-10-8-3-36-42(34,44)40-14-9(39-19(11(14)23)30-5-26-12-7(32)1-2-25-16(12)30)4-37-43(35,45)41-15(10)20(38-8)31-6-27-13-17(31)28-21(24)29-18(13)33;22-14-13-6-36-41(33,43)39-11-3-10(8-4-24-17-9(31)1-2-26-30(8)17)37-12(11)5-35-42(34,44)40-16(14)20(38-13)29-7-25-15-18(29)27-21(23)28-19(15)32;/h2,5-6,8-11,14-15,19-20H,1,3-4H2,(H,34,44)(H,35,45)(H3,24,28,29,33);2,4,7,10-14,16,20H,1,3,5-6H2,(H,33,43)(H,34,44)(H3,23,27,28,32);1H4/t8-,9-,10-,11+,14-,15-,19-,20-,42?,43?;10-,11+,12-,13-,14-,16-,20-,41?,42?;/m11./s1. The number of H-pyrrole nitrogens is 2. The number of alkyl halides is 3. The third kappa shape index (κ3) is 12.6. The number of nitrogens with one attached hydrogen (secondary N) is 2. The van der Waals surface area contributed by atoms with Gasteiger partial charge in [-0.2, -0.15) is 15.1 Å². The Bertz CT molecular complexity index is 4240. The summed E-state index contributed by atoms with van der Waals surface area (Å²) < 4.78 is 134. The van der Waals surface area contributed by atoms with Crippen molar-refractivity contribution in [3.63, 3.8) is 0 Å². The van der Waals surface area contributed by atoms with Crippen LogP contribution in [0.5, 0.6) is 0 Å². The van der Waals surface area contributed by atoms with Gasteiger partial charge in [0.05, 0.1) is 69.8 Å². The van der Waals surface area contributed by atoms with Gasteiger partial charge in [0.1, 0.15) is 48.8 Å². The van der Waals surface area contributed by atoms with E-state index < -0.39 is 157 Å². The Balaban J connectivity index is 0.000000172. The Kier molecular flexibility index (Phi) is 18.0. The molecule has 0 aliphatic carbocycles. The summed E-state index contributed by atoms with van der Waals surface area (Å²) in [6.07, 6.45) is -14.6. The van der Waals surface area contributed by atoms with Crippen molar-refractivity contribution in [1.82, 2.24) is 58.2 Å². The highest BCUT2D eigenvalue weighted by molar-refractivity contribution is 8.44. The number of aromatic amines is 2. The first-order valence-electron chi connectivity index (χ1n) is 26.1. The number of imidazole rings is 4. The number of hydrogen-bond donors (Lipinski definition) is 8. The number of thiol groups is 1. The molecule has 8 aliphatic rings. The number of nitrogens with zero attached hydrogens (tertiary/aromatic N) is 12. The van der Waals surface area contributed by atoms with E-state index in [2.05, 4.69) is 62.2 Å². The van der Waals surface area contributed by atoms with Crippen LogP contribution in [0.1, 0.15) is 78.3 Å². The van der Waals surface area contributed by atoms with Crippen LogP contribution in [0, 0.1) is 0 Å². The molecule has 14 heterocycles. The third-order valence-electron chi connectivity index (χ3n) is 14.7. The highest BCUT2D eigenvalue weighted by Crippen LogP contribution is 2.60. The molecule has 0 amide bonds. The van der Waals surface area contributed by atoms with E-state index in [9.17, 15) is 38.4 Å². The fraction of sp³-hybridized carbons (Fsp3) is 0.535. The minimum absolute atomic E-state index is 0. The van der Waals surface area contributed by atoms with E-state index in [0.717, 1.165) is 17.2 Å². The summed E-state index contributed by atoms with van der Waals surface area (Å²) in [4.78, 5) is 115. The molecule has 36 nitrogen and oxygen atoms in total. The monoisotopic (exact) mass is 1420 g/mol. The number of carbonyl (C=O) groups excluding carboxylic acids is 2. The van der Waals surface area contributed by atoms with Gasteiger partial charge in [0.2, 0.25) is 17.7 Å². The number of fused-ring (bicyclic) bond motifs is 10. The van der Waals surface area contributed by atoms with Crippen molar-refractivity contribution >= 4 is 139 Å². The Labute approximate surface area is 521 Å². The second-order valence-electron chi connectivity index (χ2n) is 20.4. The summed E-state index contributed by atoms with van der Waals surface area (Å²) in [6.45, 7) is -19.6. The fourth-order valence-electron chi connectivity index (χ4n) is 10.7. The van der Waals surface area contributed by atoms with Crippen LogP contribution in [0.15, 0.2) is 44.9 Å². The molecular formula is C43H49F3N16O20P4S4. The normalized spacial score (nSPS) is 37.8. The smallest absolute Gasteiger partial charge is 0.369 e. The van der Waals surface area contributed by atoms with Crippen LogP contribution < -0.4 is 22.6 Å². The first kappa shape index (κ1) is 65.2. The molecule has 90 heavy (non-hydrogen) atoms. The number of Topliss-reactive ketones (excluding diaryl/α,β-unsaturated/α-hetero) is 2. The van der Waals surface area contributed by atoms with Gasteiger partial charge in [0.25, 0.3) is 11.1 Å². The van der Waals surface area contributed by atoms with E-state index in [1.165, 1.54) is 38.8 Å². The predicted octanol–water partition coefficient (Wildman–Crippen LogP) is 2.40. The van der Waals surface area contributed by atoms with Crippen molar-refractivity contribution in [2.75, 3.05) is 37.9 Å². The van der Waals surface area contributed by atoms with Gasteiger partial charge in [-0.15, -0.1) is 0 Å². The molecule has 0 saturated carbocycles. The van der Waals surface area contributed by atoms with Crippen molar-refractivity contribution in [2.45, 2.75) is 119 Å². The number of nitrogens with two attached hydrogens (primary N) is 2. The summed E-state index contributed by atoms with van der Waals surface area (Å²) in [6, 6.07) is 0. The molecule has 9 N–H and O–H groups in total. The summed E-state index contributed by atoms with van der Waals surface area (Å²) in [5.41, 5.74) is 10.0. The Morgan fingerprint density at radius 3 is 1.74 bits per heavy atom. The maximum Gasteiger partial charge on any atom is 0.386 e. The number of nitrogen functional groups attached to an aromatic ring is 2. The first-order chi connectivity index (χ1) is 42.2. The molecule has 6 aromatic heterocycles. The van der Waals surface area contributed by atoms with Crippen LogP contribution in [0.25, 0.3) is 22.3 Å². The number of rotatable bonds is 4. The lowest BCUT2D eigenvalue weighted by molar-refractivity contribution is -0.0601. The largest absolute Gasteiger partial charge is 0.386 e. The fourth-order valence-corrected chi connectivity index (χ4v) is 16.5. The minimum Gasteiger partial charge on any atom is -0.369 e. The molecule has 6 aromatic rings. The average Bonchev–Trinajstić information content (AvgIpc) is 1.64. The number of ketones is 2. The third-order valence-corrected chi connectivity index (χ3v) is 21.0. The number of hydrogen-bond acceptors (Lipinski definition) is 30. The van der Waals surface area contributed by atoms with E-state index in [0.29, 0.717) is 5.69 Å². The van der Waals surface area contributed by atoms with Gasteiger partial charge in [-0.3, -0.25) is 60.9 Å². The summed E-state index contributed by atoms with van der Waals surface area (Å²) in [5, 5.41) is 4.21. The summed E-state index contributed by atoms with van der Waals surface area (Å²) in [7, 11) is 0. The summed E-state index contributed by atoms with van der Waals surface area (Å²) >= 11 is 19.5. The van der Waals surface area contributed by atoms with Crippen LogP contribution in [-0.4, -0.2) is 191 Å². The molecule has 0 spiro atoms. The molecular weight excluding hydrogens is 1370 g/mol. The van der Waals surface area contributed by atoms with Crippen LogP contribution >= 0.6 is 39.2 Å². The van der Waals surface area contributed by atoms with E-state index >= 15 is 13.2 Å². The maximum absolute atomic E-state index is 16.0. The van der Waals surface area contributed by atoms with Gasteiger partial charge < -0.3 is 63.2 Å². The molecule has 6 saturated heterocycles. The van der Waals surface area contributed by atoms with Crippen molar-refractivity contribution in [1.29, 1.82) is 0 Å². The van der Waals surface area contributed by atoms with Gasteiger partial charge in [0, 0.05) is 25.3 Å². The molecule has 0 aromatic carbocycles. The number of aliphatic imine (C=N–C) groups is 1. The second kappa shape index (κ2) is 24.8. The molecule has 14 rings (SSSR count). The highest BCUT2D eigenvalue weighted by atomic mass is 32.7. The molecule has 4 unspecified atom stereocenters. The lowest BCUT2D eigenvalue weighted by Crippen LogP contribution is -2.34. The zero-order valence-corrected chi connectivity index (χ0v) is 51.4. The van der Waals surface area contributed by atoms with Crippen LogP contribution in [0.4, 0.5) is 30.9 Å². The average molecular weight is 1420 g/mol. The maximum atomic E-state index is 16.0. The van der Waals surface area contributed by atoms with E-state index in [-0.39, 0.29) is 89.8 Å². The van der Waals surface area contributed by atoms with E-state index in [4.69, 9.17) is 102 Å². The molecule has 19 atom stereocenters. The Hall–Kier alpha value is -4.88. The van der Waals surface area contributed by atoms with E-state index in [1.807, 2.05) is 0 Å². The molecule has 47 heteroatoms. The lowest BCUT2D eigenvalue weighted by Gasteiger charge is -2.27. The summed E-state index contributed by atoms with van der Waals surface area (Å²) in [5.74, 6) is -0.879. The van der Waals surface area contributed by atoms with Gasteiger partial charge >= 0.3 is 27.0 Å². The van der Waals surface area contributed by atoms with Gasteiger partial charge in [0.15, 0.2) is 82.6 Å². The molecule has 0 radical (unpaired) electrons. The van der Waals surface area contributed by atoms with Crippen LogP contribution in [0.3, 0.4) is 0 Å². The van der Waals surface area contributed by atoms with Gasteiger partial charge in [-0.05, 0) is 35.4 Å². The number of ether oxygens (including phenoxy) is 4. The Morgan fingerprint density at radius 2 is 1.13 bits per heavy atom. The van der Waals surface area contributed by atoms with Crippen molar-refractivity contribution < 1.29 is 97.1 Å². The SMILES string of the molecule is C.Nc1nc2c(ncn2[C@@H]2O[C@@H]3COP(O)(=S)O[C@H]4C[C@H](c5cnc6n5N=CCC6=O)O[C@@H]4COP(=O)(S)O[C@@H]2[C@@H]3F)c(=O)[nH]1.Nc1nc2c(ncn2[C@@H]2O[C@@H]3COP(O)(=S)O[C@H]4[C@H](F)[C@H](n5cnc6c5N=CCC6=O)O[C@@H]4COP(O)(=S)O[C@@H]2[C@@H]3F)c(=O)[nH]1. The Morgan fingerprint density at radius 1 is 0.611 bits per heavy atom. The van der Waals surface area contributed by atoms with Crippen molar-refractivity contribution in [2.24, 2.45) is 10.1 Å². The molecule has 6 fully saturated rings. The lowest BCUT2D eigenvalue weighted by atomic mass is 10.1. The minimum atomic E-state index is -4.36. The number of aromatic nitrogens is 12. The topological polar surface area (TPSA) is 462 Å². The van der Waals surface area contributed by atoms with Gasteiger partial charge in [-0.1, -0.05) is 19.7 Å². The van der Waals surface area contributed by atoms with Crippen LogP contribution in [-0.2, 0) is 95.1 Å². The highest BCUT2D eigenvalue weighted by Gasteiger charge is 2.56. The molecule has 4 bridgehead atoms. The zero-order chi connectivity index (χ0) is 62.8. The number of carbonyl (C=O) groups is 2. The van der Waals surface area contributed by atoms with E-state index in [1.54, 1.807) is 0 Å². The second-order valence-corrected chi connectivity index (χ2v) is 31.6. The zero-order valence-electron chi connectivity index (χ0n) is 44.5. The van der Waals surface area contributed by atoms with Crippen molar-refractivity contribution in [3.05, 3.63) is 63.1 Å². The number of halogens is 3. The van der Waals surface area contributed by atoms with Crippen LogP contribution in [0.2, 0.25) is 0 Å². The predicted molar refractivity (Wildman–Crippen MR) is 314 cm³/mol. The molecule has 8 aliphatic heterocycles. The first-order valence-corrected chi connectivity index (χ1v) is 36.6. The van der Waals surface area contributed by atoms with Gasteiger partial charge in [-0.25, -0.2) is 47.3 Å². The van der Waals surface area contributed by atoms with Crippen molar-refractivity contribution in [3.8, 4) is 0 Å².